The predicted molar refractivity (Wildman–Crippen MR) is 79.9 cm³/mol. The van der Waals surface area contributed by atoms with Crippen molar-refractivity contribution in [2.75, 3.05) is 6.54 Å². The number of H-pyrrole nitrogens is 1. The summed E-state index contributed by atoms with van der Waals surface area (Å²) in [6.45, 7) is 0.525. The Hall–Kier alpha value is -2.34. The Bertz CT molecular complexity index is 636. The van der Waals surface area contributed by atoms with E-state index in [4.69, 9.17) is 10.8 Å². The minimum absolute atomic E-state index is 0.0665. The zero-order valence-electron chi connectivity index (χ0n) is 11.6. The average molecular weight is 289 g/mol. The van der Waals surface area contributed by atoms with Crippen LogP contribution in [0, 0.1) is 0 Å². The highest BCUT2D eigenvalue weighted by Gasteiger charge is 2.17. The molecule has 2 aromatic rings. The molecule has 5 N–H and O–H groups in total. The molecule has 0 radical (unpaired) electrons. The molecule has 0 bridgehead atoms. The van der Waals surface area contributed by atoms with Gasteiger partial charge in [-0.05, 0) is 24.5 Å². The van der Waals surface area contributed by atoms with Gasteiger partial charge in [0.2, 0.25) is 5.91 Å². The summed E-state index contributed by atoms with van der Waals surface area (Å²) in [7, 11) is 0. The van der Waals surface area contributed by atoms with Gasteiger partial charge in [-0.3, -0.25) is 9.59 Å². The summed E-state index contributed by atoms with van der Waals surface area (Å²) >= 11 is 0. The summed E-state index contributed by atoms with van der Waals surface area (Å²) in [5.41, 5.74) is 7.25. The number of hydrogen-bond donors (Lipinski definition) is 4. The van der Waals surface area contributed by atoms with E-state index in [2.05, 4.69) is 10.3 Å². The smallest absolute Gasteiger partial charge is 0.320 e. The molecular formula is C15H19N3O3. The van der Waals surface area contributed by atoms with Crippen molar-refractivity contribution in [3.8, 4) is 0 Å². The van der Waals surface area contributed by atoms with Crippen molar-refractivity contribution in [3.63, 3.8) is 0 Å². The molecule has 112 valence electrons. The van der Waals surface area contributed by atoms with E-state index < -0.39 is 17.9 Å². The van der Waals surface area contributed by atoms with Crippen LogP contribution in [0.15, 0.2) is 30.5 Å². The maximum Gasteiger partial charge on any atom is 0.320 e. The van der Waals surface area contributed by atoms with Crippen LogP contribution in [-0.2, 0) is 16.0 Å². The number of rotatable bonds is 8. The van der Waals surface area contributed by atoms with E-state index in [9.17, 15) is 9.59 Å². The maximum atomic E-state index is 11.1. The van der Waals surface area contributed by atoms with Crippen LogP contribution >= 0.6 is 0 Å². The number of benzene rings is 1. The van der Waals surface area contributed by atoms with Crippen LogP contribution in [0.1, 0.15) is 18.4 Å². The lowest BCUT2D eigenvalue weighted by atomic mass is 10.1. The van der Waals surface area contributed by atoms with Crippen LogP contribution in [0.25, 0.3) is 10.9 Å². The molecule has 0 aliphatic rings. The monoisotopic (exact) mass is 289 g/mol. The maximum absolute atomic E-state index is 11.1. The number of amides is 1. The van der Waals surface area contributed by atoms with Gasteiger partial charge in [-0.15, -0.1) is 0 Å². The van der Waals surface area contributed by atoms with E-state index in [1.807, 2.05) is 30.5 Å². The zero-order chi connectivity index (χ0) is 15.2. The second-order valence-corrected chi connectivity index (χ2v) is 4.96. The van der Waals surface area contributed by atoms with Gasteiger partial charge in [-0.2, -0.15) is 0 Å². The predicted octanol–water partition coefficient (Wildman–Crippen LogP) is 1.02. The molecule has 6 heteroatoms. The SMILES string of the molecule is NC(=O)CC[C@H](NCCc1c[nH]c2ccccc12)C(=O)O. The first-order valence-corrected chi connectivity index (χ1v) is 6.87. The Balaban J connectivity index is 1.90. The standard InChI is InChI=1S/C15H19N3O3/c16-14(19)6-5-13(15(20)21)17-8-7-10-9-18-12-4-2-1-3-11(10)12/h1-4,9,13,17-18H,5-8H2,(H2,16,19)(H,20,21)/t13-/m0/s1. The van der Waals surface area contributed by atoms with Crippen molar-refractivity contribution >= 4 is 22.8 Å². The summed E-state index contributed by atoms with van der Waals surface area (Å²) < 4.78 is 0. The number of fused-ring (bicyclic) bond motifs is 1. The molecule has 2 rings (SSSR count). The van der Waals surface area contributed by atoms with Gasteiger partial charge in [-0.25, -0.2) is 0 Å². The first kappa shape index (κ1) is 15.1. The molecular weight excluding hydrogens is 270 g/mol. The molecule has 0 unspecified atom stereocenters. The third kappa shape index (κ3) is 4.06. The van der Waals surface area contributed by atoms with E-state index in [0.29, 0.717) is 13.0 Å². The highest BCUT2D eigenvalue weighted by molar-refractivity contribution is 5.83. The second kappa shape index (κ2) is 6.90. The summed E-state index contributed by atoms with van der Waals surface area (Å²) in [5.74, 6) is -1.45. The largest absolute Gasteiger partial charge is 0.480 e. The van der Waals surface area contributed by atoms with Crippen LogP contribution in [0.2, 0.25) is 0 Å². The van der Waals surface area contributed by atoms with Crippen LogP contribution in [-0.4, -0.2) is 34.6 Å². The van der Waals surface area contributed by atoms with Crippen LogP contribution in [0.5, 0.6) is 0 Å². The Morgan fingerprint density at radius 1 is 1.33 bits per heavy atom. The van der Waals surface area contributed by atoms with E-state index in [1.54, 1.807) is 0 Å². The summed E-state index contributed by atoms with van der Waals surface area (Å²) in [5, 5.41) is 13.2. The van der Waals surface area contributed by atoms with Crippen molar-refractivity contribution in [1.82, 2.24) is 10.3 Å². The number of nitrogens with one attached hydrogen (secondary N) is 2. The fourth-order valence-corrected chi connectivity index (χ4v) is 2.32. The number of aromatic amines is 1. The highest BCUT2D eigenvalue weighted by atomic mass is 16.4. The third-order valence-electron chi connectivity index (χ3n) is 3.44. The summed E-state index contributed by atoms with van der Waals surface area (Å²) in [6.07, 6.45) is 2.92. The lowest BCUT2D eigenvalue weighted by Crippen LogP contribution is -2.38. The molecule has 1 atom stereocenters. The van der Waals surface area contributed by atoms with Gasteiger partial charge in [0.1, 0.15) is 6.04 Å². The van der Waals surface area contributed by atoms with Gasteiger partial charge >= 0.3 is 5.97 Å². The Morgan fingerprint density at radius 2 is 2.10 bits per heavy atom. The summed E-state index contributed by atoms with van der Waals surface area (Å²) in [4.78, 5) is 25.0. The highest BCUT2D eigenvalue weighted by Crippen LogP contribution is 2.17. The van der Waals surface area contributed by atoms with Gasteiger partial charge in [0, 0.05) is 30.1 Å². The Morgan fingerprint density at radius 3 is 2.81 bits per heavy atom. The fraction of sp³-hybridized carbons (Fsp3) is 0.333. The van der Waals surface area contributed by atoms with E-state index in [1.165, 1.54) is 0 Å². The number of carbonyl (C=O) groups excluding carboxylic acids is 1. The number of hydrogen-bond acceptors (Lipinski definition) is 3. The molecule has 0 spiro atoms. The molecule has 1 amide bonds. The van der Waals surface area contributed by atoms with E-state index in [-0.39, 0.29) is 12.8 Å². The molecule has 0 aliphatic carbocycles. The molecule has 0 saturated heterocycles. The van der Waals surface area contributed by atoms with Crippen molar-refractivity contribution in [1.29, 1.82) is 0 Å². The van der Waals surface area contributed by atoms with Gasteiger partial charge in [-0.1, -0.05) is 18.2 Å². The van der Waals surface area contributed by atoms with Crippen molar-refractivity contribution in [3.05, 3.63) is 36.0 Å². The molecule has 21 heavy (non-hydrogen) atoms. The second-order valence-electron chi connectivity index (χ2n) is 4.96. The topological polar surface area (TPSA) is 108 Å². The van der Waals surface area contributed by atoms with Gasteiger partial charge in [0.25, 0.3) is 0 Å². The van der Waals surface area contributed by atoms with Gasteiger partial charge < -0.3 is 21.1 Å². The molecule has 0 aliphatic heterocycles. The molecule has 0 saturated carbocycles. The normalized spacial score (nSPS) is 12.4. The Kier molecular flexibility index (Phi) is 4.94. The number of carboxylic acids is 1. The van der Waals surface area contributed by atoms with E-state index >= 15 is 0 Å². The molecule has 1 heterocycles. The van der Waals surface area contributed by atoms with Crippen LogP contribution in [0.4, 0.5) is 0 Å². The van der Waals surface area contributed by atoms with Crippen molar-refractivity contribution in [2.45, 2.75) is 25.3 Å². The quantitative estimate of drug-likeness (QED) is 0.581. The number of carbonyl (C=O) groups is 2. The van der Waals surface area contributed by atoms with Crippen LogP contribution < -0.4 is 11.1 Å². The molecule has 1 aromatic carbocycles. The molecule has 0 fully saturated rings. The average Bonchev–Trinajstić information content (AvgIpc) is 2.85. The van der Waals surface area contributed by atoms with E-state index in [0.717, 1.165) is 16.5 Å². The van der Waals surface area contributed by atoms with Gasteiger partial charge in [0.05, 0.1) is 0 Å². The first-order valence-electron chi connectivity index (χ1n) is 6.87. The minimum atomic E-state index is -0.963. The number of nitrogens with two attached hydrogens (primary N) is 1. The Labute approximate surface area is 122 Å². The lowest BCUT2D eigenvalue weighted by Gasteiger charge is -2.13. The number of aliphatic carboxylic acids is 1. The molecule has 6 nitrogen and oxygen atoms in total. The number of aromatic nitrogens is 1. The zero-order valence-corrected chi connectivity index (χ0v) is 11.6. The lowest BCUT2D eigenvalue weighted by molar-refractivity contribution is -0.139. The third-order valence-corrected chi connectivity index (χ3v) is 3.44. The van der Waals surface area contributed by atoms with Gasteiger partial charge in [0.15, 0.2) is 0 Å². The minimum Gasteiger partial charge on any atom is -0.480 e. The molecule has 1 aromatic heterocycles. The fourth-order valence-electron chi connectivity index (χ4n) is 2.32. The first-order chi connectivity index (χ1) is 10.1. The van der Waals surface area contributed by atoms with Crippen LogP contribution in [0.3, 0.4) is 0 Å². The number of carboxylic acid groups (broad SMARTS) is 1. The number of para-hydroxylation sites is 1. The number of primary amides is 1. The van der Waals surface area contributed by atoms with Crippen molar-refractivity contribution in [2.24, 2.45) is 5.73 Å². The van der Waals surface area contributed by atoms with Crippen molar-refractivity contribution < 1.29 is 14.7 Å². The summed E-state index contributed by atoms with van der Waals surface area (Å²) in [6, 6.07) is 7.22.